The van der Waals surface area contributed by atoms with Crippen LogP contribution in [0.1, 0.15) is 54.8 Å². The van der Waals surface area contributed by atoms with Gasteiger partial charge in [-0.1, -0.05) is 19.3 Å². The van der Waals surface area contributed by atoms with Crippen LogP contribution in [-0.2, 0) is 18.6 Å². The summed E-state index contributed by atoms with van der Waals surface area (Å²) < 4.78 is 0. The third-order valence-corrected chi connectivity index (χ3v) is 7.19. The molecule has 0 saturated heterocycles. The van der Waals surface area contributed by atoms with Gasteiger partial charge in [-0.25, -0.2) is 9.97 Å². The van der Waals surface area contributed by atoms with Crippen molar-refractivity contribution in [3.63, 3.8) is 0 Å². The molecular weight excluding hydrogens is 298 g/mol. The summed E-state index contributed by atoms with van der Waals surface area (Å²) in [5, 5.41) is 1.95. The third-order valence-electron chi connectivity index (χ3n) is 4.64. The quantitative estimate of drug-likeness (QED) is 0.915. The first-order valence-corrected chi connectivity index (χ1v) is 9.86. The van der Waals surface area contributed by atoms with Crippen molar-refractivity contribution in [3.8, 4) is 0 Å². The monoisotopic (exact) mass is 319 g/mol. The molecule has 0 radical (unpaired) electrons. The Morgan fingerprint density at radius 1 is 1.10 bits per heavy atom. The smallest absolute Gasteiger partial charge is 0.142 e. The van der Waals surface area contributed by atoms with Crippen LogP contribution in [0.5, 0.6) is 0 Å². The van der Waals surface area contributed by atoms with Crippen LogP contribution in [0.3, 0.4) is 0 Å². The minimum atomic E-state index is 0.707. The Hall–Kier alpha value is -0.810. The summed E-state index contributed by atoms with van der Waals surface area (Å²) in [6, 6.07) is 0. The number of aryl methyl sites for hydroxylation is 2. The molecule has 21 heavy (non-hydrogen) atoms. The van der Waals surface area contributed by atoms with E-state index in [1.54, 1.807) is 0 Å². The lowest BCUT2D eigenvalue weighted by atomic mass is 10.0. The maximum absolute atomic E-state index is 6.23. The van der Waals surface area contributed by atoms with E-state index in [0.29, 0.717) is 5.82 Å². The van der Waals surface area contributed by atoms with Gasteiger partial charge in [-0.05, 0) is 37.7 Å². The molecule has 0 bridgehead atoms. The summed E-state index contributed by atoms with van der Waals surface area (Å²) in [4.78, 5) is 12.0. The summed E-state index contributed by atoms with van der Waals surface area (Å²) >= 11 is 3.86. The normalized spacial score (nSPS) is 19.2. The van der Waals surface area contributed by atoms with Gasteiger partial charge in [0.15, 0.2) is 0 Å². The molecule has 2 aromatic heterocycles. The van der Waals surface area contributed by atoms with Gasteiger partial charge in [0.25, 0.3) is 0 Å². The zero-order chi connectivity index (χ0) is 14.2. The van der Waals surface area contributed by atoms with Crippen molar-refractivity contribution >= 4 is 39.1 Å². The molecule has 2 aliphatic carbocycles. The van der Waals surface area contributed by atoms with Crippen molar-refractivity contribution in [1.82, 2.24) is 9.97 Å². The van der Waals surface area contributed by atoms with Crippen LogP contribution in [-0.4, -0.2) is 15.2 Å². The number of nitrogen functional groups attached to an aromatic ring is 1. The Kier molecular flexibility index (Phi) is 3.79. The molecule has 2 aliphatic rings. The molecule has 0 atom stereocenters. The van der Waals surface area contributed by atoms with E-state index in [1.165, 1.54) is 55.4 Å². The van der Waals surface area contributed by atoms with Crippen molar-refractivity contribution in [1.29, 1.82) is 0 Å². The molecule has 0 aromatic carbocycles. The number of hydrogen-bond acceptors (Lipinski definition) is 5. The summed E-state index contributed by atoms with van der Waals surface area (Å²) in [7, 11) is 0. The Bertz CT molecular complexity index is 659. The summed E-state index contributed by atoms with van der Waals surface area (Å²) in [6.45, 7) is 0. The number of rotatable bonds is 3. The van der Waals surface area contributed by atoms with Crippen LogP contribution in [0, 0.1) is 0 Å². The molecule has 4 rings (SSSR count). The van der Waals surface area contributed by atoms with Gasteiger partial charge < -0.3 is 5.73 Å². The molecule has 3 nitrogen and oxygen atoms in total. The maximum Gasteiger partial charge on any atom is 0.142 e. The fraction of sp³-hybridized carbons (Fsp3) is 0.625. The van der Waals surface area contributed by atoms with Crippen LogP contribution in [0.4, 0.5) is 5.82 Å². The maximum atomic E-state index is 6.23. The fourth-order valence-corrected chi connectivity index (χ4v) is 6.03. The first kappa shape index (κ1) is 13.8. The van der Waals surface area contributed by atoms with Crippen molar-refractivity contribution < 1.29 is 0 Å². The van der Waals surface area contributed by atoms with E-state index in [9.17, 15) is 0 Å². The second kappa shape index (κ2) is 5.76. The number of anilines is 1. The standard InChI is InChI=1S/C16H21N3S2/c17-15-14-11-7-4-8-12(11)21-16(14)19-13(18-15)9-20-10-5-2-1-3-6-10/h10H,1-9H2,(H2,17,18,19). The molecule has 5 heteroatoms. The Morgan fingerprint density at radius 3 is 2.81 bits per heavy atom. The van der Waals surface area contributed by atoms with Gasteiger partial charge in [-0.3, -0.25) is 0 Å². The van der Waals surface area contributed by atoms with Gasteiger partial charge in [-0.15, -0.1) is 11.3 Å². The second-order valence-electron chi connectivity index (χ2n) is 6.13. The summed E-state index contributed by atoms with van der Waals surface area (Å²) in [6.07, 6.45) is 10.5. The summed E-state index contributed by atoms with van der Waals surface area (Å²) in [5.41, 5.74) is 7.66. The van der Waals surface area contributed by atoms with E-state index in [-0.39, 0.29) is 0 Å². The highest BCUT2D eigenvalue weighted by molar-refractivity contribution is 7.99. The molecule has 0 aliphatic heterocycles. The highest BCUT2D eigenvalue weighted by atomic mass is 32.2. The van der Waals surface area contributed by atoms with Gasteiger partial charge >= 0.3 is 0 Å². The van der Waals surface area contributed by atoms with E-state index in [1.807, 2.05) is 23.1 Å². The van der Waals surface area contributed by atoms with Gasteiger partial charge in [0.05, 0.1) is 11.1 Å². The van der Waals surface area contributed by atoms with Crippen molar-refractivity contribution in [2.75, 3.05) is 5.73 Å². The molecular formula is C16H21N3S2. The number of nitrogens with zero attached hydrogens (tertiary/aromatic N) is 2. The van der Waals surface area contributed by atoms with Crippen LogP contribution in [0.25, 0.3) is 10.2 Å². The van der Waals surface area contributed by atoms with E-state index in [2.05, 4.69) is 4.98 Å². The highest BCUT2D eigenvalue weighted by Gasteiger charge is 2.21. The topological polar surface area (TPSA) is 51.8 Å². The Morgan fingerprint density at radius 2 is 1.95 bits per heavy atom. The van der Waals surface area contributed by atoms with Gasteiger partial charge in [-0.2, -0.15) is 11.8 Å². The number of hydrogen-bond donors (Lipinski definition) is 1. The molecule has 2 N–H and O–H groups in total. The van der Waals surface area contributed by atoms with Crippen molar-refractivity contribution in [2.24, 2.45) is 0 Å². The first-order chi connectivity index (χ1) is 10.3. The minimum Gasteiger partial charge on any atom is -0.383 e. The van der Waals surface area contributed by atoms with Gasteiger partial charge in [0, 0.05) is 10.1 Å². The second-order valence-corrected chi connectivity index (χ2v) is 8.51. The largest absolute Gasteiger partial charge is 0.383 e. The van der Waals surface area contributed by atoms with Crippen molar-refractivity contribution in [2.45, 2.75) is 62.4 Å². The molecule has 2 heterocycles. The summed E-state index contributed by atoms with van der Waals surface area (Å²) in [5.74, 6) is 2.54. The van der Waals surface area contributed by atoms with E-state index < -0.39 is 0 Å². The predicted molar refractivity (Wildman–Crippen MR) is 92.0 cm³/mol. The molecule has 0 spiro atoms. The lowest BCUT2D eigenvalue weighted by Crippen LogP contribution is -2.09. The van der Waals surface area contributed by atoms with Crippen LogP contribution >= 0.6 is 23.1 Å². The average Bonchev–Trinajstić information content (AvgIpc) is 3.06. The highest BCUT2D eigenvalue weighted by Crippen LogP contribution is 2.39. The predicted octanol–water partition coefficient (Wildman–Crippen LogP) is 4.33. The first-order valence-electron chi connectivity index (χ1n) is 7.99. The van der Waals surface area contributed by atoms with Crippen LogP contribution < -0.4 is 5.73 Å². The van der Waals surface area contributed by atoms with Gasteiger partial charge in [0.1, 0.15) is 16.5 Å². The lowest BCUT2D eigenvalue weighted by molar-refractivity contribution is 0.516. The third kappa shape index (κ3) is 2.66. The van der Waals surface area contributed by atoms with E-state index in [4.69, 9.17) is 10.7 Å². The van der Waals surface area contributed by atoms with E-state index >= 15 is 0 Å². The van der Waals surface area contributed by atoms with Crippen LogP contribution in [0.15, 0.2) is 0 Å². The molecule has 2 aromatic rings. The lowest BCUT2D eigenvalue weighted by Gasteiger charge is -2.20. The minimum absolute atomic E-state index is 0.707. The number of thioether (sulfide) groups is 1. The molecule has 0 amide bonds. The molecule has 0 unspecified atom stereocenters. The number of aromatic nitrogens is 2. The fourth-order valence-electron chi connectivity index (χ4n) is 3.56. The van der Waals surface area contributed by atoms with Crippen LogP contribution in [0.2, 0.25) is 0 Å². The number of thiophene rings is 1. The molecule has 1 fully saturated rings. The average molecular weight is 319 g/mol. The molecule has 112 valence electrons. The number of nitrogens with two attached hydrogens (primary N) is 1. The molecule has 1 saturated carbocycles. The van der Waals surface area contributed by atoms with Gasteiger partial charge in [0.2, 0.25) is 0 Å². The van der Waals surface area contributed by atoms with Crippen molar-refractivity contribution in [3.05, 3.63) is 16.3 Å². The zero-order valence-electron chi connectivity index (χ0n) is 12.2. The van der Waals surface area contributed by atoms with E-state index in [0.717, 1.165) is 33.5 Å². The number of fused-ring (bicyclic) bond motifs is 3. The Labute approximate surface area is 133 Å². The SMILES string of the molecule is Nc1nc(CSC2CCCCC2)nc2sc3c(c12)CCC3. The zero-order valence-corrected chi connectivity index (χ0v) is 13.9. The Balaban J connectivity index is 1.56.